The van der Waals surface area contributed by atoms with E-state index in [1.54, 1.807) is 55.5 Å². The first-order chi connectivity index (χ1) is 12.0. The predicted molar refractivity (Wildman–Crippen MR) is 94.2 cm³/mol. The fourth-order valence-electron chi connectivity index (χ4n) is 2.14. The molecule has 0 radical (unpaired) electrons. The average Bonchev–Trinajstić information content (AvgIpc) is 2.61. The number of carbonyl (C=O) groups excluding carboxylic acids is 1. The van der Waals surface area contributed by atoms with Crippen molar-refractivity contribution in [3.8, 4) is 11.5 Å². The van der Waals surface area contributed by atoms with Crippen LogP contribution in [0.4, 0.5) is 5.69 Å². The Morgan fingerprint density at radius 2 is 1.56 bits per heavy atom. The van der Waals surface area contributed by atoms with Crippen LogP contribution in [-0.4, -0.2) is 30.2 Å². The van der Waals surface area contributed by atoms with Crippen LogP contribution in [0.3, 0.4) is 0 Å². The van der Waals surface area contributed by atoms with Crippen molar-refractivity contribution in [1.82, 2.24) is 0 Å². The van der Waals surface area contributed by atoms with E-state index in [1.807, 2.05) is 6.92 Å². The Kier molecular flexibility index (Phi) is 6.39. The van der Waals surface area contributed by atoms with Crippen LogP contribution in [0, 0.1) is 0 Å². The van der Waals surface area contributed by atoms with Crippen LogP contribution >= 0.6 is 0 Å². The second-order valence-electron chi connectivity index (χ2n) is 5.42. The lowest BCUT2D eigenvalue weighted by atomic mass is 10.0. The zero-order valence-corrected chi connectivity index (χ0v) is 14.2. The fourth-order valence-corrected chi connectivity index (χ4v) is 2.14. The largest absolute Gasteiger partial charge is 0.494 e. The molecule has 1 amide bonds. The highest BCUT2D eigenvalue weighted by atomic mass is 16.5. The molecule has 6 nitrogen and oxygen atoms in total. The van der Waals surface area contributed by atoms with Gasteiger partial charge in [0, 0.05) is 5.69 Å². The molecule has 6 heteroatoms. The monoisotopic (exact) mass is 343 g/mol. The Labute approximate surface area is 146 Å². The first kappa shape index (κ1) is 18.3. The number of carbonyl (C=O) groups is 2. The van der Waals surface area contributed by atoms with Crippen molar-refractivity contribution < 1.29 is 24.2 Å². The highest BCUT2D eigenvalue weighted by Crippen LogP contribution is 2.19. The molecule has 0 aromatic heterocycles. The lowest BCUT2D eigenvalue weighted by Crippen LogP contribution is -2.20. The van der Waals surface area contributed by atoms with Crippen molar-refractivity contribution in [2.75, 3.05) is 18.5 Å². The third-order valence-corrected chi connectivity index (χ3v) is 3.57. The molecule has 0 bridgehead atoms. The summed E-state index contributed by atoms with van der Waals surface area (Å²) >= 11 is 0. The zero-order chi connectivity index (χ0) is 18.2. The lowest BCUT2D eigenvalue weighted by molar-refractivity contribution is -0.138. The van der Waals surface area contributed by atoms with Crippen LogP contribution in [0.1, 0.15) is 25.3 Å². The van der Waals surface area contributed by atoms with E-state index >= 15 is 0 Å². The minimum atomic E-state index is -0.888. The summed E-state index contributed by atoms with van der Waals surface area (Å²) < 4.78 is 10.8. The van der Waals surface area contributed by atoms with Gasteiger partial charge in [0.1, 0.15) is 11.5 Å². The summed E-state index contributed by atoms with van der Waals surface area (Å²) in [5, 5.41) is 11.7. The van der Waals surface area contributed by atoms with Crippen LogP contribution < -0.4 is 14.8 Å². The second-order valence-corrected chi connectivity index (χ2v) is 5.42. The molecule has 1 unspecified atom stereocenters. The summed E-state index contributed by atoms with van der Waals surface area (Å²) in [6.45, 7) is 3.98. The summed E-state index contributed by atoms with van der Waals surface area (Å²) in [5.74, 6) is -0.458. The fraction of sp³-hybridized carbons (Fsp3) is 0.263. The number of amides is 1. The predicted octanol–water partition coefficient (Wildman–Crippen LogP) is 3.29. The molecule has 2 aromatic carbocycles. The van der Waals surface area contributed by atoms with Crippen LogP contribution in [0.25, 0.3) is 0 Å². The second kappa shape index (κ2) is 8.73. The van der Waals surface area contributed by atoms with Crippen LogP contribution in [0.15, 0.2) is 48.5 Å². The highest BCUT2D eigenvalue weighted by molar-refractivity contribution is 5.92. The van der Waals surface area contributed by atoms with Gasteiger partial charge in [0.25, 0.3) is 5.91 Å². The maximum atomic E-state index is 11.9. The molecule has 0 saturated heterocycles. The van der Waals surface area contributed by atoms with E-state index in [2.05, 4.69) is 5.32 Å². The normalized spacial score (nSPS) is 11.4. The molecule has 0 spiro atoms. The molecule has 0 saturated carbocycles. The molecule has 25 heavy (non-hydrogen) atoms. The number of hydrogen-bond donors (Lipinski definition) is 2. The van der Waals surface area contributed by atoms with Crippen molar-refractivity contribution in [2.24, 2.45) is 0 Å². The molecule has 2 rings (SSSR count). The molecule has 0 aliphatic heterocycles. The highest BCUT2D eigenvalue weighted by Gasteiger charge is 2.13. The molecule has 2 N–H and O–H groups in total. The molecule has 132 valence electrons. The molecular weight excluding hydrogens is 322 g/mol. The van der Waals surface area contributed by atoms with E-state index < -0.39 is 11.9 Å². The van der Waals surface area contributed by atoms with E-state index in [9.17, 15) is 9.59 Å². The van der Waals surface area contributed by atoms with Gasteiger partial charge in [-0.1, -0.05) is 12.1 Å². The van der Waals surface area contributed by atoms with E-state index in [0.29, 0.717) is 23.6 Å². The van der Waals surface area contributed by atoms with E-state index in [-0.39, 0.29) is 12.5 Å². The molecule has 0 heterocycles. The van der Waals surface area contributed by atoms with Gasteiger partial charge in [-0.15, -0.1) is 0 Å². The summed E-state index contributed by atoms with van der Waals surface area (Å²) in [6.07, 6.45) is 0. The Hall–Kier alpha value is -3.02. The zero-order valence-electron chi connectivity index (χ0n) is 14.2. The van der Waals surface area contributed by atoms with Gasteiger partial charge in [0.15, 0.2) is 6.61 Å². The lowest BCUT2D eigenvalue weighted by Gasteiger charge is -2.10. The number of nitrogens with one attached hydrogen (secondary N) is 1. The van der Waals surface area contributed by atoms with Gasteiger partial charge in [-0.3, -0.25) is 9.59 Å². The number of hydrogen-bond acceptors (Lipinski definition) is 4. The molecule has 0 aliphatic carbocycles. The number of ether oxygens (including phenoxy) is 2. The van der Waals surface area contributed by atoms with Gasteiger partial charge < -0.3 is 19.9 Å². The third kappa shape index (κ3) is 5.53. The van der Waals surface area contributed by atoms with Crippen molar-refractivity contribution >= 4 is 17.6 Å². The maximum absolute atomic E-state index is 11.9. The van der Waals surface area contributed by atoms with Gasteiger partial charge in [0.2, 0.25) is 0 Å². The van der Waals surface area contributed by atoms with Crippen LogP contribution in [-0.2, 0) is 9.59 Å². The number of anilines is 1. The molecular formula is C19H21NO5. The SMILES string of the molecule is CCOc1ccc(OCC(=O)Nc2ccc(C(C)C(=O)O)cc2)cc1. The van der Waals surface area contributed by atoms with Crippen LogP contribution in [0.2, 0.25) is 0 Å². The maximum Gasteiger partial charge on any atom is 0.310 e. The number of benzene rings is 2. The summed E-state index contributed by atoms with van der Waals surface area (Å²) in [6, 6.07) is 13.7. The average molecular weight is 343 g/mol. The third-order valence-electron chi connectivity index (χ3n) is 3.57. The minimum absolute atomic E-state index is 0.124. The Morgan fingerprint density at radius 3 is 2.08 bits per heavy atom. The Bertz CT molecular complexity index is 710. The van der Waals surface area contributed by atoms with Crippen molar-refractivity contribution in [3.63, 3.8) is 0 Å². The topological polar surface area (TPSA) is 84.9 Å². The first-order valence-electron chi connectivity index (χ1n) is 7.98. The number of carboxylic acid groups (broad SMARTS) is 1. The van der Waals surface area contributed by atoms with Gasteiger partial charge in [-0.2, -0.15) is 0 Å². The van der Waals surface area contributed by atoms with E-state index in [1.165, 1.54) is 0 Å². The number of carboxylic acids is 1. The molecule has 0 aliphatic rings. The minimum Gasteiger partial charge on any atom is -0.494 e. The summed E-state index contributed by atoms with van der Waals surface area (Å²) in [7, 11) is 0. The number of aliphatic carboxylic acids is 1. The van der Waals surface area contributed by atoms with Crippen LogP contribution in [0.5, 0.6) is 11.5 Å². The standard InChI is InChI=1S/C19H21NO5/c1-3-24-16-8-10-17(11-9-16)25-12-18(21)20-15-6-4-14(5-7-15)13(2)19(22)23/h4-11,13H,3,12H2,1-2H3,(H,20,21)(H,22,23). The van der Waals surface area contributed by atoms with Crippen molar-refractivity contribution in [2.45, 2.75) is 19.8 Å². The van der Waals surface area contributed by atoms with Gasteiger partial charge in [-0.25, -0.2) is 0 Å². The van der Waals surface area contributed by atoms with Gasteiger partial charge in [0.05, 0.1) is 12.5 Å². The quantitative estimate of drug-likeness (QED) is 0.768. The molecule has 1 atom stereocenters. The first-order valence-corrected chi connectivity index (χ1v) is 7.98. The Balaban J connectivity index is 1.84. The summed E-state index contributed by atoms with van der Waals surface area (Å²) in [4.78, 5) is 22.9. The number of rotatable bonds is 8. The molecule has 0 fully saturated rings. The van der Waals surface area contributed by atoms with E-state index in [4.69, 9.17) is 14.6 Å². The molecule has 2 aromatic rings. The Morgan fingerprint density at radius 1 is 1.00 bits per heavy atom. The van der Waals surface area contributed by atoms with Gasteiger partial charge in [-0.05, 0) is 55.8 Å². The summed E-state index contributed by atoms with van der Waals surface area (Å²) in [5.41, 5.74) is 1.26. The van der Waals surface area contributed by atoms with Crippen molar-refractivity contribution in [1.29, 1.82) is 0 Å². The van der Waals surface area contributed by atoms with Gasteiger partial charge >= 0.3 is 5.97 Å². The smallest absolute Gasteiger partial charge is 0.310 e. The van der Waals surface area contributed by atoms with Crippen molar-refractivity contribution in [3.05, 3.63) is 54.1 Å². The van der Waals surface area contributed by atoms with E-state index in [0.717, 1.165) is 5.75 Å².